The van der Waals surface area contributed by atoms with E-state index in [0.717, 1.165) is 29.7 Å². The zero-order chi connectivity index (χ0) is 18.2. The van der Waals surface area contributed by atoms with Crippen LogP contribution < -0.4 is 5.32 Å². The lowest BCUT2D eigenvalue weighted by Crippen LogP contribution is -2.49. The highest BCUT2D eigenvalue weighted by Crippen LogP contribution is 2.28. The van der Waals surface area contributed by atoms with Gasteiger partial charge in [-0.3, -0.25) is 4.79 Å². The van der Waals surface area contributed by atoms with Crippen molar-refractivity contribution in [2.45, 2.75) is 58.2 Å². The summed E-state index contributed by atoms with van der Waals surface area (Å²) in [5, 5.41) is 4.54. The first-order chi connectivity index (χ1) is 11.8. The Balaban J connectivity index is 1.85. The van der Waals surface area contributed by atoms with Crippen molar-refractivity contribution in [3.63, 3.8) is 0 Å². The van der Waals surface area contributed by atoms with Gasteiger partial charge in [-0.15, -0.1) is 0 Å². The molecule has 3 rings (SSSR count). The maximum Gasteiger partial charge on any atom is 0.246 e. The fraction of sp³-hybridized carbons (Fsp3) is 0.526. The molecule has 0 spiro atoms. The maximum absolute atomic E-state index is 12.1. The van der Waals surface area contributed by atoms with Gasteiger partial charge in [-0.1, -0.05) is 6.58 Å². The number of piperidine rings is 1. The standard InChI is InChI=1S/C19H27N5O/c1-6-16(25)23-11-14(8-7-13(23)2)22-17-15-9-10-24(19(3,4)5)18(15)21-12-20-17/h6,9-10,12-14H,1,7-8,11H2,2-5H3,(H,20,21,22)/t13-,14+/m0/s1. The number of fused-ring (bicyclic) bond motifs is 1. The molecule has 0 aliphatic carbocycles. The first-order valence-electron chi connectivity index (χ1n) is 8.83. The lowest BCUT2D eigenvalue weighted by atomic mass is 9.99. The topological polar surface area (TPSA) is 63.1 Å². The number of rotatable bonds is 3. The van der Waals surface area contributed by atoms with Crippen LogP contribution in [0.1, 0.15) is 40.5 Å². The molecule has 0 saturated carbocycles. The summed E-state index contributed by atoms with van der Waals surface area (Å²) < 4.78 is 2.16. The summed E-state index contributed by atoms with van der Waals surface area (Å²) in [7, 11) is 0. The van der Waals surface area contributed by atoms with Crippen molar-refractivity contribution in [1.82, 2.24) is 19.4 Å². The summed E-state index contributed by atoms with van der Waals surface area (Å²) in [6.45, 7) is 12.8. The van der Waals surface area contributed by atoms with Crippen molar-refractivity contribution in [3.8, 4) is 0 Å². The Morgan fingerprint density at radius 2 is 2.12 bits per heavy atom. The third-order valence-electron chi connectivity index (χ3n) is 4.88. The Kier molecular flexibility index (Phi) is 4.54. The van der Waals surface area contributed by atoms with E-state index in [9.17, 15) is 4.79 Å². The molecule has 0 bridgehead atoms. The average Bonchev–Trinajstić information content (AvgIpc) is 3.01. The fourth-order valence-corrected chi connectivity index (χ4v) is 3.45. The minimum Gasteiger partial charge on any atom is -0.365 e. The van der Waals surface area contributed by atoms with Crippen molar-refractivity contribution in [3.05, 3.63) is 31.2 Å². The van der Waals surface area contributed by atoms with E-state index in [1.165, 1.54) is 6.08 Å². The molecule has 1 aliphatic rings. The number of amides is 1. The normalized spacial score (nSPS) is 21.4. The number of aromatic nitrogens is 3. The van der Waals surface area contributed by atoms with E-state index in [2.05, 4.69) is 66.4 Å². The van der Waals surface area contributed by atoms with Crippen LogP contribution in [0.25, 0.3) is 11.0 Å². The minimum atomic E-state index is -0.0409. The van der Waals surface area contributed by atoms with Crippen LogP contribution >= 0.6 is 0 Å². The van der Waals surface area contributed by atoms with E-state index in [0.29, 0.717) is 6.54 Å². The van der Waals surface area contributed by atoms with Gasteiger partial charge in [0.15, 0.2) is 0 Å². The third kappa shape index (κ3) is 3.38. The van der Waals surface area contributed by atoms with Gasteiger partial charge in [-0.05, 0) is 52.7 Å². The molecule has 1 aliphatic heterocycles. The molecule has 1 fully saturated rings. The Hall–Kier alpha value is -2.37. The van der Waals surface area contributed by atoms with Crippen molar-refractivity contribution < 1.29 is 4.79 Å². The number of anilines is 1. The van der Waals surface area contributed by atoms with Gasteiger partial charge >= 0.3 is 0 Å². The van der Waals surface area contributed by atoms with Gasteiger partial charge in [0.25, 0.3) is 0 Å². The predicted molar refractivity (Wildman–Crippen MR) is 101 cm³/mol. The van der Waals surface area contributed by atoms with Crippen LogP contribution in [0.15, 0.2) is 31.2 Å². The highest BCUT2D eigenvalue weighted by atomic mass is 16.2. The van der Waals surface area contributed by atoms with E-state index in [1.54, 1.807) is 6.33 Å². The van der Waals surface area contributed by atoms with Crippen molar-refractivity contribution in [1.29, 1.82) is 0 Å². The molecule has 2 atom stereocenters. The Morgan fingerprint density at radius 3 is 2.80 bits per heavy atom. The van der Waals surface area contributed by atoms with Crippen LogP contribution in [0.5, 0.6) is 0 Å². The number of nitrogens with one attached hydrogen (secondary N) is 1. The second-order valence-corrected chi connectivity index (χ2v) is 7.78. The van der Waals surface area contributed by atoms with Crippen LogP contribution in [-0.2, 0) is 10.3 Å². The second-order valence-electron chi connectivity index (χ2n) is 7.78. The van der Waals surface area contributed by atoms with Gasteiger partial charge in [0.1, 0.15) is 17.8 Å². The summed E-state index contributed by atoms with van der Waals surface area (Å²) >= 11 is 0. The molecular formula is C19H27N5O. The summed E-state index contributed by atoms with van der Waals surface area (Å²) in [4.78, 5) is 22.8. The van der Waals surface area contributed by atoms with Crippen molar-refractivity contribution in [2.75, 3.05) is 11.9 Å². The molecule has 2 aromatic heterocycles. The molecule has 6 heteroatoms. The van der Waals surface area contributed by atoms with E-state index in [-0.39, 0.29) is 23.5 Å². The van der Waals surface area contributed by atoms with E-state index < -0.39 is 0 Å². The number of hydrogen-bond acceptors (Lipinski definition) is 4. The third-order valence-corrected chi connectivity index (χ3v) is 4.88. The van der Waals surface area contributed by atoms with Crippen molar-refractivity contribution in [2.24, 2.45) is 0 Å². The zero-order valence-electron chi connectivity index (χ0n) is 15.5. The van der Waals surface area contributed by atoms with Gasteiger partial charge in [-0.2, -0.15) is 0 Å². The lowest BCUT2D eigenvalue weighted by molar-refractivity contribution is -0.129. The predicted octanol–water partition coefficient (Wildman–Crippen LogP) is 3.16. The average molecular weight is 341 g/mol. The molecule has 6 nitrogen and oxygen atoms in total. The summed E-state index contributed by atoms with van der Waals surface area (Å²) in [6.07, 6.45) is 7.03. The molecule has 1 N–H and O–H groups in total. The summed E-state index contributed by atoms with van der Waals surface area (Å²) in [6, 6.07) is 2.48. The highest BCUT2D eigenvalue weighted by molar-refractivity contribution is 5.88. The molecule has 0 radical (unpaired) electrons. The van der Waals surface area contributed by atoms with Crippen LogP contribution in [0.3, 0.4) is 0 Å². The molecule has 2 aromatic rings. The maximum atomic E-state index is 12.1. The monoisotopic (exact) mass is 341 g/mol. The number of carbonyl (C=O) groups excluding carboxylic acids is 1. The zero-order valence-corrected chi connectivity index (χ0v) is 15.5. The lowest BCUT2D eigenvalue weighted by Gasteiger charge is -2.38. The molecule has 3 heterocycles. The van der Waals surface area contributed by atoms with Crippen molar-refractivity contribution >= 4 is 22.8 Å². The Morgan fingerprint density at radius 1 is 1.36 bits per heavy atom. The fourth-order valence-electron chi connectivity index (χ4n) is 3.45. The molecule has 1 saturated heterocycles. The van der Waals surface area contributed by atoms with Gasteiger partial charge in [0, 0.05) is 30.4 Å². The molecule has 25 heavy (non-hydrogen) atoms. The van der Waals surface area contributed by atoms with E-state index in [4.69, 9.17) is 0 Å². The molecule has 134 valence electrons. The van der Waals surface area contributed by atoms with Crippen LogP contribution in [0.2, 0.25) is 0 Å². The largest absolute Gasteiger partial charge is 0.365 e. The molecule has 0 unspecified atom stereocenters. The first kappa shape index (κ1) is 17.5. The summed E-state index contributed by atoms with van der Waals surface area (Å²) in [5.74, 6) is 0.823. The van der Waals surface area contributed by atoms with Crippen LogP contribution in [-0.4, -0.2) is 44.0 Å². The molecule has 1 amide bonds. The highest BCUT2D eigenvalue weighted by Gasteiger charge is 2.28. The molecular weight excluding hydrogens is 314 g/mol. The Bertz CT molecular complexity index is 789. The number of carbonyl (C=O) groups is 1. The van der Waals surface area contributed by atoms with Gasteiger partial charge in [0.05, 0.1) is 5.39 Å². The number of nitrogens with zero attached hydrogens (tertiary/aromatic N) is 4. The number of hydrogen-bond donors (Lipinski definition) is 1. The smallest absolute Gasteiger partial charge is 0.246 e. The Labute approximate surface area is 148 Å². The summed E-state index contributed by atoms with van der Waals surface area (Å²) in [5.41, 5.74) is 0.883. The SMILES string of the molecule is C=CC(=O)N1C[C@H](Nc2ncnc3c2ccn3C(C)(C)C)CC[C@@H]1C. The van der Waals surface area contributed by atoms with Crippen LogP contribution in [0.4, 0.5) is 5.82 Å². The molecule has 0 aromatic carbocycles. The van der Waals surface area contributed by atoms with E-state index >= 15 is 0 Å². The van der Waals surface area contributed by atoms with E-state index in [1.807, 2.05) is 4.90 Å². The van der Waals surface area contributed by atoms with Gasteiger partial charge in [0.2, 0.25) is 5.91 Å². The minimum absolute atomic E-state index is 0.00859. The second kappa shape index (κ2) is 6.50. The number of likely N-dealkylation sites (tertiary alicyclic amines) is 1. The van der Waals surface area contributed by atoms with Crippen LogP contribution in [0, 0.1) is 0 Å². The van der Waals surface area contributed by atoms with Gasteiger partial charge in [-0.25, -0.2) is 9.97 Å². The first-order valence-corrected chi connectivity index (χ1v) is 8.83. The quantitative estimate of drug-likeness (QED) is 0.871. The van der Waals surface area contributed by atoms with Gasteiger partial charge < -0.3 is 14.8 Å².